The molecule has 2 fully saturated rings. The predicted octanol–water partition coefficient (Wildman–Crippen LogP) is 4.73. The van der Waals surface area contributed by atoms with E-state index in [1.54, 1.807) is 11.1 Å². The first-order valence-electron chi connectivity index (χ1n) is 12.3. The van der Waals surface area contributed by atoms with Crippen LogP contribution in [0.15, 0.2) is 17.6 Å². The van der Waals surface area contributed by atoms with E-state index in [4.69, 9.17) is 4.74 Å². The molecule has 4 rings (SSSR count). The molecule has 0 spiro atoms. The molecule has 0 aromatic carbocycles. The highest BCUT2D eigenvalue weighted by molar-refractivity contribution is 7.13. The molecule has 9 nitrogen and oxygen atoms in total. The number of carbonyl (C=O) groups is 2. The molecule has 2 aromatic heterocycles. The number of nitrogens with one attached hydrogen (secondary N) is 1. The van der Waals surface area contributed by atoms with Crippen LogP contribution in [-0.4, -0.2) is 68.5 Å². The highest BCUT2D eigenvalue weighted by Crippen LogP contribution is 2.36. The van der Waals surface area contributed by atoms with Crippen molar-refractivity contribution in [3.8, 4) is 0 Å². The van der Waals surface area contributed by atoms with Crippen molar-refractivity contribution in [3.63, 3.8) is 0 Å². The predicted molar refractivity (Wildman–Crippen MR) is 136 cm³/mol. The maximum atomic E-state index is 13.5. The van der Waals surface area contributed by atoms with Crippen LogP contribution < -0.4 is 5.32 Å². The van der Waals surface area contributed by atoms with Crippen LogP contribution >= 0.6 is 11.3 Å². The second-order valence-corrected chi connectivity index (χ2v) is 11.7. The molecule has 2 saturated heterocycles. The van der Waals surface area contributed by atoms with E-state index >= 15 is 0 Å². The number of ether oxygens (including phenoxy) is 1. The minimum atomic E-state index is -0.516. The lowest BCUT2D eigenvalue weighted by Gasteiger charge is -2.42. The van der Waals surface area contributed by atoms with Gasteiger partial charge in [-0.05, 0) is 53.4 Å². The van der Waals surface area contributed by atoms with Gasteiger partial charge in [0.1, 0.15) is 17.2 Å². The molecule has 10 heteroatoms. The zero-order valence-corrected chi connectivity index (χ0v) is 22.2. The van der Waals surface area contributed by atoms with E-state index in [2.05, 4.69) is 20.3 Å². The summed E-state index contributed by atoms with van der Waals surface area (Å²) in [6, 6.07) is 2.00. The van der Waals surface area contributed by atoms with Crippen molar-refractivity contribution in [3.05, 3.63) is 29.2 Å². The molecular formula is C25H36N6O3S. The summed E-state index contributed by atoms with van der Waals surface area (Å²) >= 11 is 1.53. The number of hydrogen-bond acceptors (Lipinski definition) is 8. The smallest absolute Gasteiger partial charge is 0.410 e. The Morgan fingerprint density at radius 1 is 1.11 bits per heavy atom. The van der Waals surface area contributed by atoms with Gasteiger partial charge in [-0.25, -0.2) is 19.7 Å². The Hall–Kier alpha value is -2.75. The van der Waals surface area contributed by atoms with E-state index in [0.717, 1.165) is 35.3 Å². The number of carbonyl (C=O) groups excluding carboxylic acids is 2. The summed E-state index contributed by atoms with van der Waals surface area (Å²) in [6.45, 7) is 12.1. The van der Waals surface area contributed by atoms with Crippen LogP contribution in [0.5, 0.6) is 0 Å². The fourth-order valence-electron chi connectivity index (χ4n) is 4.74. The number of rotatable bonds is 4. The van der Waals surface area contributed by atoms with Gasteiger partial charge in [0.15, 0.2) is 5.13 Å². The Bertz CT molecular complexity index is 1040. The lowest BCUT2D eigenvalue weighted by molar-refractivity contribution is -0.145. The van der Waals surface area contributed by atoms with Gasteiger partial charge in [-0.2, -0.15) is 0 Å². The van der Waals surface area contributed by atoms with Crippen molar-refractivity contribution in [2.45, 2.75) is 71.8 Å². The summed E-state index contributed by atoms with van der Waals surface area (Å²) in [4.78, 5) is 43.0. The van der Waals surface area contributed by atoms with E-state index in [9.17, 15) is 9.59 Å². The second kappa shape index (κ2) is 10.1. The van der Waals surface area contributed by atoms with Gasteiger partial charge >= 0.3 is 6.09 Å². The topological polar surface area (TPSA) is 101 Å². The number of piperidine rings is 2. The fourth-order valence-corrected chi connectivity index (χ4v) is 5.28. The number of amides is 2. The number of thiazole rings is 1. The van der Waals surface area contributed by atoms with Crippen molar-refractivity contribution in [2.75, 3.05) is 31.5 Å². The Balaban J connectivity index is 1.32. The maximum absolute atomic E-state index is 13.5. The zero-order chi connectivity index (χ0) is 25.2. The molecule has 35 heavy (non-hydrogen) atoms. The average molecular weight is 501 g/mol. The largest absolute Gasteiger partial charge is 0.444 e. The summed E-state index contributed by atoms with van der Waals surface area (Å²) in [6.07, 6.45) is 4.52. The maximum Gasteiger partial charge on any atom is 0.410 e. The van der Waals surface area contributed by atoms with Crippen molar-refractivity contribution < 1.29 is 14.3 Å². The third-order valence-corrected chi connectivity index (χ3v) is 7.45. The Kier molecular flexibility index (Phi) is 7.30. The first-order chi connectivity index (χ1) is 16.5. The van der Waals surface area contributed by atoms with Crippen LogP contribution in [0, 0.1) is 12.3 Å². The third-order valence-electron chi connectivity index (χ3n) is 6.76. The minimum absolute atomic E-state index is 0.199. The van der Waals surface area contributed by atoms with Crippen LogP contribution in [0.1, 0.15) is 70.8 Å². The highest BCUT2D eigenvalue weighted by Gasteiger charge is 2.42. The molecule has 1 N–H and O–H groups in total. The van der Waals surface area contributed by atoms with Gasteiger partial charge in [0, 0.05) is 60.8 Å². The lowest BCUT2D eigenvalue weighted by Crippen LogP contribution is -2.52. The first-order valence-corrected chi connectivity index (χ1v) is 13.2. The van der Waals surface area contributed by atoms with Gasteiger partial charge in [0.05, 0.1) is 0 Å². The van der Waals surface area contributed by atoms with Crippen LogP contribution in [0.25, 0.3) is 0 Å². The Labute approximate surface area is 211 Å². The molecule has 0 aliphatic carbocycles. The van der Waals surface area contributed by atoms with Crippen molar-refractivity contribution in [1.29, 1.82) is 0 Å². The molecule has 0 radical (unpaired) electrons. The van der Waals surface area contributed by atoms with Gasteiger partial charge in [-0.1, -0.05) is 6.92 Å². The van der Waals surface area contributed by atoms with Crippen molar-refractivity contribution in [2.24, 2.45) is 5.41 Å². The molecule has 0 unspecified atom stereocenters. The summed E-state index contributed by atoms with van der Waals surface area (Å²) in [5.74, 6) is 1.97. The minimum Gasteiger partial charge on any atom is -0.444 e. The van der Waals surface area contributed by atoms with Crippen LogP contribution in [-0.2, 0) is 9.53 Å². The van der Waals surface area contributed by atoms with E-state index in [1.165, 1.54) is 11.3 Å². The van der Waals surface area contributed by atoms with Crippen molar-refractivity contribution >= 4 is 34.3 Å². The van der Waals surface area contributed by atoms with E-state index in [1.807, 2.05) is 51.0 Å². The molecule has 0 saturated carbocycles. The van der Waals surface area contributed by atoms with Gasteiger partial charge in [-0.15, -0.1) is 11.3 Å². The second-order valence-electron chi connectivity index (χ2n) is 10.8. The monoisotopic (exact) mass is 500 g/mol. The standard InChI is InChI=1S/C25H36N6O3S/c1-17-27-19(16-20(28-17)29-22-26-10-15-35-22)18-6-11-30(12-7-18)21(32)25(5)8-13-31(14-9-25)23(33)34-24(2,3)4/h10,15-16,18H,6-9,11-14H2,1-5H3,(H,26,27,28,29). The summed E-state index contributed by atoms with van der Waals surface area (Å²) in [5.41, 5.74) is 0.0556. The Morgan fingerprint density at radius 2 is 1.80 bits per heavy atom. The van der Waals surface area contributed by atoms with Crippen LogP contribution in [0.2, 0.25) is 0 Å². The normalized spacial score (nSPS) is 18.9. The summed E-state index contributed by atoms with van der Waals surface area (Å²) in [7, 11) is 0. The fraction of sp³-hybridized carbons (Fsp3) is 0.640. The number of aryl methyl sites for hydroxylation is 1. The first kappa shape index (κ1) is 25.3. The Morgan fingerprint density at radius 3 is 2.40 bits per heavy atom. The van der Waals surface area contributed by atoms with E-state index in [-0.39, 0.29) is 12.0 Å². The molecule has 190 valence electrons. The third kappa shape index (κ3) is 6.28. The zero-order valence-electron chi connectivity index (χ0n) is 21.3. The molecular weight excluding hydrogens is 464 g/mol. The van der Waals surface area contributed by atoms with Gasteiger partial charge < -0.3 is 19.9 Å². The SMILES string of the molecule is Cc1nc(Nc2nccs2)cc(C2CCN(C(=O)C3(C)CCN(C(=O)OC(C)(C)C)CC3)CC2)n1. The van der Waals surface area contributed by atoms with Gasteiger partial charge in [-0.3, -0.25) is 4.79 Å². The molecule has 0 atom stereocenters. The van der Waals surface area contributed by atoms with Crippen LogP contribution in [0.3, 0.4) is 0 Å². The van der Waals surface area contributed by atoms with Gasteiger partial charge in [0.25, 0.3) is 0 Å². The lowest BCUT2D eigenvalue weighted by atomic mass is 9.78. The number of nitrogens with zero attached hydrogens (tertiary/aromatic N) is 5. The average Bonchev–Trinajstić information content (AvgIpc) is 3.30. The summed E-state index contributed by atoms with van der Waals surface area (Å²) < 4.78 is 5.50. The molecule has 2 aromatic rings. The molecule has 2 aliphatic heterocycles. The number of likely N-dealkylation sites (tertiary alicyclic amines) is 2. The molecule has 2 aliphatic rings. The number of anilines is 2. The quantitative estimate of drug-likeness (QED) is 0.648. The number of aromatic nitrogens is 3. The molecule has 0 bridgehead atoms. The highest BCUT2D eigenvalue weighted by atomic mass is 32.1. The van der Waals surface area contributed by atoms with Gasteiger partial charge in [0.2, 0.25) is 5.91 Å². The summed E-state index contributed by atoms with van der Waals surface area (Å²) in [5, 5.41) is 5.99. The van der Waals surface area contributed by atoms with Crippen LogP contribution in [0.4, 0.5) is 15.7 Å². The number of hydrogen-bond donors (Lipinski definition) is 1. The van der Waals surface area contributed by atoms with Crippen molar-refractivity contribution in [1.82, 2.24) is 24.8 Å². The van der Waals surface area contributed by atoms with E-state index in [0.29, 0.717) is 44.9 Å². The molecule has 2 amide bonds. The molecule has 4 heterocycles. The van der Waals surface area contributed by atoms with E-state index < -0.39 is 11.0 Å².